The second-order valence-electron chi connectivity index (χ2n) is 2.75. The summed E-state index contributed by atoms with van der Waals surface area (Å²) in [6, 6.07) is 7.70. The van der Waals surface area contributed by atoms with E-state index in [1.54, 1.807) is 6.92 Å². The van der Waals surface area contributed by atoms with Crippen LogP contribution in [0.25, 0.3) is 11.4 Å². The SMILES string of the molecule is Cc1nnc(-c2ccccc2Br)nn1. The van der Waals surface area contributed by atoms with Crippen LogP contribution in [-0.2, 0) is 0 Å². The molecule has 14 heavy (non-hydrogen) atoms. The van der Waals surface area contributed by atoms with Crippen molar-refractivity contribution in [3.8, 4) is 11.4 Å². The molecular weight excluding hydrogens is 244 g/mol. The van der Waals surface area contributed by atoms with Crippen LogP contribution in [0.4, 0.5) is 0 Å². The maximum Gasteiger partial charge on any atom is 0.204 e. The predicted octanol–water partition coefficient (Wildman–Crippen LogP) is 2.00. The molecule has 2 rings (SSSR count). The van der Waals surface area contributed by atoms with Crippen molar-refractivity contribution >= 4 is 15.9 Å². The van der Waals surface area contributed by atoms with Gasteiger partial charge in [-0.3, -0.25) is 0 Å². The van der Waals surface area contributed by atoms with Gasteiger partial charge in [-0.15, -0.1) is 20.4 Å². The summed E-state index contributed by atoms with van der Waals surface area (Å²) in [6.45, 7) is 1.75. The van der Waals surface area contributed by atoms with E-state index in [9.17, 15) is 0 Å². The van der Waals surface area contributed by atoms with Gasteiger partial charge in [-0.2, -0.15) is 0 Å². The molecule has 1 heterocycles. The van der Waals surface area contributed by atoms with Gasteiger partial charge in [0.2, 0.25) is 5.82 Å². The van der Waals surface area contributed by atoms with Crippen molar-refractivity contribution in [3.63, 3.8) is 0 Å². The van der Waals surface area contributed by atoms with Crippen molar-refractivity contribution in [2.45, 2.75) is 6.92 Å². The van der Waals surface area contributed by atoms with Gasteiger partial charge in [-0.05, 0) is 19.1 Å². The summed E-state index contributed by atoms with van der Waals surface area (Å²) in [5, 5.41) is 15.6. The summed E-state index contributed by atoms with van der Waals surface area (Å²) in [7, 11) is 0. The Bertz CT molecular complexity index is 441. The van der Waals surface area contributed by atoms with Crippen molar-refractivity contribution in [2.24, 2.45) is 0 Å². The summed E-state index contributed by atoms with van der Waals surface area (Å²) in [5.41, 5.74) is 0.896. The Morgan fingerprint density at radius 2 is 1.64 bits per heavy atom. The van der Waals surface area contributed by atoms with Gasteiger partial charge in [0.1, 0.15) is 0 Å². The summed E-state index contributed by atoms with van der Waals surface area (Å²) in [6.07, 6.45) is 0. The lowest BCUT2D eigenvalue weighted by atomic mass is 10.2. The fourth-order valence-electron chi connectivity index (χ4n) is 1.03. The highest BCUT2D eigenvalue weighted by Crippen LogP contribution is 2.23. The van der Waals surface area contributed by atoms with Gasteiger partial charge in [0.05, 0.1) is 0 Å². The Labute approximate surface area is 89.5 Å². The quantitative estimate of drug-likeness (QED) is 0.777. The molecule has 0 unspecified atom stereocenters. The standard InChI is InChI=1S/C9H7BrN4/c1-6-11-13-9(14-12-6)7-4-2-3-5-8(7)10/h2-5H,1H3. The van der Waals surface area contributed by atoms with E-state index in [2.05, 4.69) is 36.3 Å². The van der Waals surface area contributed by atoms with Gasteiger partial charge >= 0.3 is 0 Å². The number of aryl methyl sites for hydroxylation is 1. The van der Waals surface area contributed by atoms with Crippen LogP contribution in [0.15, 0.2) is 28.7 Å². The molecule has 0 radical (unpaired) electrons. The third-order valence-corrected chi connectivity index (χ3v) is 2.39. The first-order valence-corrected chi connectivity index (χ1v) is 4.85. The number of nitrogens with zero attached hydrogens (tertiary/aromatic N) is 4. The molecule has 0 amide bonds. The van der Waals surface area contributed by atoms with E-state index in [-0.39, 0.29) is 0 Å². The molecule has 70 valence electrons. The van der Waals surface area contributed by atoms with Crippen LogP contribution in [0.5, 0.6) is 0 Å². The highest BCUT2D eigenvalue weighted by atomic mass is 79.9. The summed E-state index contributed by atoms with van der Waals surface area (Å²) < 4.78 is 0.937. The Hall–Kier alpha value is -1.36. The second-order valence-corrected chi connectivity index (χ2v) is 3.61. The van der Waals surface area contributed by atoms with E-state index in [1.165, 1.54) is 0 Å². The van der Waals surface area contributed by atoms with Crippen LogP contribution in [-0.4, -0.2) is 20.4 Å². The Kier molecular flexibility index (Phi) is 2.49. The first-order chi connectivity index (χ1) is 6.77. The summed E-state index contributed by atoms with van der Waals surface area (Å²) in [4.78, 5) is 0. The molecule has 2 aromatic rings. The second kappa shape index (κ2) is 3.79. The zero-order chi connectivity index (χ0) is 9.97. The van der Waals surface area contributed by atoms with Gasteiger partial charge in [-0.25, -0.2) is 0 Å². The summed E-state index contributed by atoms with van der Waals surface area (Å²) in [5.74, 6) is 1.10. The smallest absolute Gasteiger partial charge is 0.131 e. The predicted molar refractivity (Wildman–Crippen MR) is 55.5 cm³/mol. The van der Waals surface area contributed by atoms with Gasteiger partial charge in [0, 0.05) is 10.0 Å². The number of hydrogen-bond donors (Lipinski definition) is 0. The van der Waals surface area contributed by atoms with Crippen LogP contribution < -0.4 is 0 Å². The number of rotatable bonds is 1. The van der Waals surface area contributed by atoms with Crippen LogP contribution in [0.3, 0.4) is 0 Å². The van der Waals surface area contributed by atoms with Crippen LogP contribution in [0, 0.1) is 6.92 Å². The third kappa shape index (κ3) is 1.77. The molecule has 4 nitrogen and oxygen atoms in total. The lowest BCUT2D eigenvalue weighted by Gasteiger charge is -1.99. The number of halogens is 1. The lowest BCUT2D eigenvalue weighted by Crippen LogP contribution is -1.98. The first-order valence-electron chi connectivity index (χ1n) is 4.06. The van der Waals surface area contributed by atoms with Gasteiger partial charge in [0.15, 0.2) is 5.82 Å². The average Bonchev–Trinajstić information content (AvgIpc) is 2.20. The lowest BCUT2D eigenvalue weighted by molar-refractivity contribution is 0.815. The van der Waals surface area contributed by atoms with E-state index >= 15 is 0 Å². The molecule has 1 aromatic carbocycles. The molecule has 0 bridgehead atoms. The van der Waals surface area contributed by atoms with E-state index < -0.39 is 0 Å². The van der Waals surface area contributed by atoms with Crippen molar-refractivity contribution in [1.82, 2.24) is 20.4 Å². The van der Waals surface area contributed by atoms with Crippen LogP contribution >= 0.6 is 15.9 Å². The maximum atomic E-state index is 3.96. The Morgan fingerprint density at radius 1 is 1.00 bits per heavy atom. The zero-order valence-electron chi connectivity index (χ0n) is 7.48. The number of benzene rings is 1. The molecular formula is C9H7BrN4. The molecule has 0 aliphatic heterocycles. The minimum atomic E-state index is 0.531. The first kappa shape index (κ1) is 9.21. The molecule has 0 atom stereocenters. The molecule has 0 aliphatic carbocycles. The van der Waals surface area contributed by atoms with Crippen molar-refractivity contribution < 1.29 is 0 Å². The third-order valence-electron chi connectivity index (χ3n) is 1.69. The minimum Gasteiger partial charge on any atom is -0.131 e. The van der Waals surface area contributed by atoms with Crippen molar-refractivity contribution in [3.05, 3.63) is 34.6 Å². The fraction of sp³-hybridized carbons (Fsp3) is 0.111. The fourth-order valence-corrected chi connectivity index (χ4v) is 1.49. The van der Waals surface area contributed by atoms with Gasteiger partial charge in [-0.1, -0.05) is 28.1 Å². The highest BCUT2D eigenvalue weighted by Gasteiger charge is 2.05. The average molecular weight is 251 g/mol. The van der Waals surface area contributed by atoms with E-state index in [1.807, 2.05) is 24.3 Å². The molecule has 0 aliphatic rings. The van der Waals surface area contributed by atoms with Gasteiger partial charge in [0.25, 0.3) is 0 Å². The van der Waals surface area contributed by atoms with E-state index in [0.717, 1.165) is 10.0 Å². The zero-order valence-corrected chi connectivity index (χ0v) is 9.06. The monoisotopic (exact) mass is 250 g/mol. The Balaban J connectivity index is 2.50. The largest absolute Gasteiger partial charge is 0.204 e. The maximum absolute atomic E-state index is 3.96. The summed E-state index contributed by atoms with van der Waals surface area (Å²) >= 11 is 3.42. The van der Waals surface area contributed by atoms with Crippen molar-refractivity contribution in [2.75, 3.05) is 0 Å². The highest BCUT2D eigenvalue weighted by molar-refractivity contribution is 9.10. The van der Waals surface area contributed by atoms with Crippen LogP contribution in [0.2, 0.25) is 0 Å². The van der Waals surface area contributed by atoms with E-state index in [0.29, 0.717) is 11.6 Å². The Morgan fingerprint density at radius 3 is 2.29 bits per heavy atom. The number of aromatic nitrogens is 4. The molecule has 0 saturated heterocycles. The molecule has 0 N–H and O–H groups in total. The van der Waals surface area contributed by atoms with Gasteiger partial charge < -0.3 is 0 Å². The minimum absolute atomic E-state index is 0.531. The number of hydrogen-bond acceptors (Lipinski definition) is 4. The molecule has 0 saturated carbocycles. The van der Waals surface area contributed by atoms with E-state index in [4.69, 9.17) is 0 Å². The normalized spacial score (nSPS) is 10.1. The van der Waals surface area contributed by atoms with Crippen LogP contribution in [0.1, 0.15) is 5.82 Å². The molecule has 1 aromatic heterocycles. The topological polar surface area (TPSA) is 51.6 Å². The molecule has 0 fully saturated rings. The molecule has 5 heteroatoms. The van der Waals surface area contributed by atoms with Crippen molar-refractivity contribution in [1.29, 1.82) is 0 Å². The molecule has 0 spiro atoms.